The van der Waals surface area contributed by atoms with Crippen molar-refractivity contribution in [2.75, 3.05) is 26.2 Å². The third-order valence-electron chi connectivity index (χ3n) is 2.15. The van der Waals surface area contributed by atoms with E-state index in [1.54, 1.807) is 6.20 Å². The van der Waals surface area contributed by atoms with Crippen molar-refractivity contribution in [3.05, 3.63) is 12.0 Å². The zero-order valence-electron chi connectivity index (χ0n) is 7.16. The molecule has 6 heteroatoms. The van der Waals surface area contributed by atoms with Gasteiger partial charge in [-0.15, -0.1) is 0 Å². The Hall–Kier alpha value is -1.43. The monoisotopic (exact) mass is 184 g/mol. The molecular weight excluding hydrogens is 172 g/mol. The lowest BCUT2D eigenvalue weighted by atomic mass is 10.3. The van der Waals surface area contributed by atoms with Gasteiger partial charge in [0.05, 0.1) is 0 Å². The summed E-state index contributed by atoms with van der Waals surface area (Å²) in [7, 11) is 0. The van der Waals surface area contributed by atoms with Gasteiger partial charge in [-0.3, -0.25) is 0 Å². The van der Waals surface area contributed by atoms with Crippen LogP contribution in [-0.2, 0) is 0 Å². The summed E-state index contributed by atoms with van der Waals surface area (Å²) < 4.78 is 0. The fraction of sp³-hybridized carbons (Fsp3) is 0.571. The molecule has 0 aromatic rings. The third kappa shape index (κ3) is 1.40. The van der Waals surface area contributed by atoms with Crippen LogP contribution in [0.4, 0.5) is 4.79 Å². The van der Waals surface area contributed by atoms with Crippen molar-refractivity contribution in [1.29, 1.82) is 0 Å². The van der Waals surface area contributed by atoms with Crippen LogP contribution in [0, 0.1) is 0 Å². The number of carboxylic acid groups (broad SMARTS) is 1. The van der Waals surface area contributed by atoms with E-state index in [0.29, 0.717) is 12.4 Å². The molecule has 0 aliphatic carbocycles. The second-order valence-electron chi connectivity index (χ2n) is 2.97. The minimum Gasteiger partial charge on any atom is -0.464 e. The molecule has 13 heavy (non-hydrogen) atoms. The van der Waals surface area contributed by atoms with Gasteiger partial charge in [-0.25, -0.2) is 10.2 Å². The summed E-state index contributed by atoms with van der Waals surface area (Å²) in [5, 5.41) is 13.0. The largest absolute Gasteiger partial charge is 0.464 e. The highest BCUT2D eigenvalue weighted by molar-refractivity contribution is 5.66. The van der Waals surface area contributed by atoms with Crippen molar-refractivity contribution in [2.45, 2.75) is 0 Å². The predicted octanol–water partition coefficient (Wildman–Crippen LogP) is -0.811. The van der Waals surface area contributed by atoms with Crippen molar-refractivity contribution in [3.63, 3.8) is 0 Å². The second kappa shape index (κ2) is 3.14. The number of hydrazine groups is 1. The van der Waals surface area contributed by atoms with Crippen LogP contribution in [0.2, 0.25) is 0 Å². The Labute approximate surface area is 75.8 Å². The lowest BCUT2D eigenvalue weighted by molar-refractivity contribution is 0.0850. The lowest BCUT2D eigenvalue weighted by Crippen LogP contribution is -2.57. The molecule has 6 nitrogen and oxygen atoms in total. The van der Waals surface area contributed by atoms with Gasteiger partial charge < -0.3 is 15.3 Å². The first-order chi connectivity index (χ1) is 6.29. The Kier molecular flexibility index (Phi) is 1.97. The molecule has 0 atom stereocenters. The van der Waals surface area contributed by atoms with E-state index in [1.165, 1.54) is 0 Å². The van der Waals surface area contributed by atoms with Crippen LogP contribution < -0.4 is 10.7 Å². The van der Waals surface area contributed by atoms with E-state index in [1.807, 2.05) is 4.90 Å². The fourth-order valence-electron chi connectivity index (χ4n) is 1.54. The maximum atomic E-state index is 10.8. The SMILES string of the molecule is O=C(O)N1NCCN2CCNC=C21. The highest BCUT2D eigenvalue weighted by Gasteiger charge is 2.27. The van der Waals surface area contributed by atoms with Crippen molar-refractivity contribution in [1.82, 2.24) is 20.7 Å². The molecule has 1 saturated heterocycles. The van der Waals surface area contributed by atoms with Crippen LogP contribution in [0.15, 0.2) is 12.0 Å². The zero-order chi connectivity index (χ0) is 9.26. The number of hydrogen-bond acceptors (Lipinski definition) is 4. The summed E-state index contributed by atoms with van der Waals surface area (Å²) >= 11 is 0. The van der Waals surface area contributed by atoms with Gasteiger partial charge in [0, 0.05) is 32.4 Å². The molecule has 0 spiro atoms. The molecule has 0 aromatic heterocycles. The number of amides is 1. The minimum absolute atomic E-state index is 0.670. The Bertz CT molecular complexity index is 253. The van der Waals surface area contributed by atoms with E-state index < -0.39 is 6.09 Å². The smallest absolute Gasteiger partial charge is 0.427 e. The molecule has 2 aliphatic rings. The summed E-state index contributed by atoms with van der Waals surface area (Å²) in [4.78, 5) is 12.8. The van der Waals surface area contributed by atoms with E-state index in [9.17, 15) is 4.79 Å². The van der Waals surface area contributed by atoms with Gasteiger partial charge >= 0.3 is 6.09 Å². The van der Waals surface area contributed by atoms with E-state index in [2.05, 4.69) is 10.7 Å². The van der Waals surface area contributed by atoms with Gasteiger partial charge in [-0.1, -0.05) is 0 Å². The highest BCUT2D eigenvalue weighted by atomic mass is 16.4. The molecule has 0 saturated carbocycles. The molecule has 2 heterocycles. The normalized spacial score (nSPS) is 21.7. The van der Waals surface area contributed by atoms with Crippen LogP contribution in [0.5, 0.6) is 0 Å². The third-order valence-corrected chi connectivity index (χ3v) is 2.15. The molecule has 0 unspecified atom stereocenters. The average molecular weight is 184 g/mol. The summed E-state index contributed by atoms with van der Waals surface area (Å²) in [6.45, 7) is 3.26. The summed E-state index contributed by atoms with van der Waals surface area (Å²) in [5.74, 6) is 0.685. The molecule has 3 N–H and O–H groups in total. The van der Waals surface area contributed by atoms with Crippen molar-refractivity contribution in [3.8, 4) is 0 Å². The van der Waals surface area contributed by atoms with Crippen molar-refractivity contribution < 1.29 is 9.90 Å². The van der Waals surface area contributed by atoms with Crippen molar-refractivity contribution >= 4 is 6.09 Å². The molecule has 2 aliphatic heterocycles. The number of hydrogen-bond donors (Lipinski definition) is 3. The Morgan fingerprint density at radius 2 is 2.23 bits per heavy atom. The topological polar surface area (TPSA) is 67.8 Å². The predicted molar refractivity (Wildman–Crippen MR) is 45.5 cm³/mol. The molecule has 0 bridgehead atoms. The first-order valence-corrected chi connectivity index (χ1v) is 4.24. The van der Waals surface area contributed by atoms with Gasteiger partial charge in [-0.2, -0.15) is 5.01 Å². The Morgan fingerprint density at radius 1 is 1.46 bits per heavy atom. The van der Waals surface area contributed by atoms with Crippen LogP contribution in [-0.4, -0.2) is 47.3 Å². The summed E-state index contributed by atoms with van der Waals surface area (Å²) in [5.41, 5.74) is 2.80. The number of carbonyl (C=O) groups is 1. The Morgan fingerprint density at radius 3 is 3.00 bits per heavy atom. The number of fused-ring (bicyclic) bond motifs is 1. The summed E-state index contributed by atoms with van der Waals surface area (Å²) in [6, 6.07) is 0. The fourth-order valence-corrected chi connectivity index (χ4v) is 1.54. The standard InChI is InChI=1S/C7H12N4O2/c12-7(13)11-6-5-8-1-3-10(6)4-2-9-11/h5,8-9H,1-4H2,(H,12,13). The molecule has 1 amide bonds. The molecule has 72 valence electrons. The molecule has 1 fully saturated rings. The number of nitrogens with one attached hydrogen (secondary N) is 2. The maximum Gasteiger partial charge on any atom is 0.427 e. The zero-order valence-corrected chi connectivity index (χ0v) is 7.16. The van der Waals surface area contributed by atoms with Gasteiger partial charge in [0.25, 0.3) is 0 Å². The van der Waals surface area contributed by atoms with E-state index in [4.69, 9.17) is 5.11 Å². The average Bonchev–Trinajstić information content (AvgIpc) is 2.17. The molecule has 0 radical (unpaired) electrons. The molecule has 0 aromatic carbocycles. The number of nitrogens with zero attached hydrogens (tertiary/aromatic N) is 2. The van der Waals surface area contributed by atoms with E-state index in [0.717, 1.165) is 24.6 Å². The second-order valence-corrected chi connectivity index (χ2v) is 2.97. The van der Waals surface area contributed by atoms with Gasteiger partial charge in [-0.05, 0) is 0 Å². The van der Waals surface area contributed by atoms with Crippen LogP contribution in [0.3, 0.4) is 0 Å². The molecular formula is C7H12N4O2. The van der Waals surface area contributed by atoms with E-state index in [-0.39, 0.29) is 0 Å². The first-order valence-electron chi connectivity index (χ1n) is 4.24. The van der Waals surface area contributed by atoms with Crippen molar-refractivity contribution in [2.24, 2.45) is 0 Å². The van der Waals surface area contributed by atoms with E-state index >= 15 is 0 Å². The van der Waals surface area contributed by atoms with Gasteiger partial charge in [0.2, 0.25) is 0 Å². The highest BCUT2D eigenvalue weighted by Crippen LogP contribution is 2.13. The maximum absolute atomic E-state index is 10.8. The summed E-state index contributed by atoms with van der Waals surface area (Å²) in [6.07, 6.45) is 0.753. The minimum atomic E-state index is -0.973. The van der Waals surface area contributed by atoms with Gasteiger partial charge in [0.15, 0.2) is 0 Å². The van der Waals surface area contributed by atoms with Crippen LogP contribution in [0.1, 0.15) is 0 Å². The first kappa shape index (κ1) is 8.18. The van der Waals surface area contributed by atoms with Crippen LogP contribution >= 0.6 is 0 Å². The lowest BCUT2D eigenvalue weighted by Gasteiger charge is -2.40. The molecule has 2 rings (SSSR count). The van der Waals surface area contributed by atoms with Crippen LogP contribution in [0.25, 0.3) is 0 Å². The Balaban J connectivity index is 2.19. The quantitative estimate of drug-likeness (QED) is 0.459. The number of rotatable bonds is 0. The van der Waals surface area contributed by atoms with Gasteiger partial charge in [0.1, 0.15) is 5.82 Å².